The van der Waals surface area contributed by atoms with Crippen molar-refractivity contribution in [3.8, 4) is 0 Å². The van der Waals surface area contributed by atoms with Gasteiger partial charge in [-0.2, -0.15) is 0 Å². The molecule has 5 nitrogen and oxygen atoms in total. The van der Waals surface area contributed by atoms with Crippen molar-refractivity contribution in [1.29, 1.82) is 0 Å². The lowest BCUT2D eigenvalue weighted by Crippen LogP contribution is -2.50. The highest BCUT2D eigenvalue weighted by atomic mass is 35.5. The number of carbonyl (C=O) groups excluding carboxylic acids is 1. The van der Waals surface area contributed by atoms with Crippen molar-refractivity contribution in [2.75, 3.05) is 39.8 Å². The van der Waals surface area contributed by atoms with E-state index in [1.807, 2.05) is 36.4 Å². The molecule has 1 N–H and O–H groups in total. The Morgan fingerprint density at radius 3 is 2.07 bits per heavy atom. The number of hydrogen-bond acceptors (Lipinski definition) is 5. The van der Waals surface area contributed by atoms with E-state index in [4.69, 9.17) is 4.74 Å². The fraction of sp³-hybridized carbons (Fsp3) is 0.435. The highest BCUT2D eigenvalue weighted by molar-refractivity contribution is 5.86. The number of hydrogen-bond donors (Lipinski definition) is 1. The van der Waals surface area contributed by atoms with Gasteiger partial charge >= 0.3 is 5.97 Å². The third kappa shape index (κ3) is 6.19. The van der Waals surface area contributed by atoms with Crippen LogP contribution in [-0.2, 0) is 15.1 Å². The number of rotatable bonds is 7. The Hall–Kier alpha value is -1.63. The lowest BCUT2D eigenvalue weighted by Gasteiger charge is -2.37. The predicted octanol–water partition coefficient (Wildman–Crippen LogP) is 3.34. The first kappa shape index (κ1) is 26.4. The van der Waals surface area contributed by atoms with E-state index in [2.05, 4.69) is 23.8 Å². The van der Waals surface area contributed by atoms with Gasteiger partial charge in [-0.25, -0.2) is 4.79 Å². The third-order valence-electron chi connectivity index (χ3n) is 5.57. The van der Waals surface area contributed by atoms with Crippen LogP contribution in [-0.4, -0.2) is 66.8 Å². The lowest BCUT2D eigenvalue weighted by atomic mass is 9.86. The normalized spacial score (nSPS) is 17.5. The van der Waals surface area contributed by atoms with E-state index in [0.717, 1.165) is 32.6 Å². The highest BCUT2D eigenvalue weighted by Gasteiger charge is 2.41. The van der Waals surface area contributed by atoms with Gasteiger partial charge in [-0.3, -0.25) is 0 Å². The molecule has 1 aliphatic heterocycles. The Labute approximate surface area is 191 Å². The summed E-state index contributed by atoms with van der Waals surface area (Å²) < 4.78 is 5.53. The zero-order valence-corrected chi connectivity index (χ0v) is 19.2. The van der Waals surface area contributed by atoms with Crippen LogP contribution < -0.4 is 0 Å². The van der Waals surface area contributed by atoms with E-state index in [1.54, 1.807) is 24.3 Å². The Balaban J connectivity index is 0.00000225. The maximum absolute atomic E-state index is 12.9. The first-order chi connectivity index (χ1) is 13.5. The van der Waals surface area contributed by atoms with E-state index < -0.39 is 11.6 Å². The molecule has 1 heterocycles. The average Bonchev–Trinajstić information content (AvgIpc) is 2.74. The summed E-state index contributed by atoms with van der Waals surface area (Å²) in [6.07, 6.45) is 0.752. The van der Waals surface area contributed by atoms with E-state index in [9.17, 15) is 9.90 Å². The van der Waals surface area contributed by atoms with Crippen molar-refractivity contribution >= 4 is 30.8 Å². The smallest absolute Gasteiger partial charge is 0.347 e. The maximum atomic E-state index is 12.9. The molecule has 0 saturated carbocycles. The molecule has 166 valence electrons. The Morgan fingerprint density at radius 1 is 1.03 bits per heavy atom. The van der Waals surface area contributed by atoms with Crippen LogP contribution in [0.3, 0.4) is 0 Å². The molecule has 2 aromatic rings. The minimum Gasteiger partial charge on any atom is -0.463 e. The molecule has 0 bridgehead atoms. The number of ether oxygens (including phenoxy) is 1. The predicted molar refractivity (Wildman–Crippen MR) is 124 cm³/mol. The molecular weight excluding hydrogens is 423 g/mol. The molecular formula is C23H32Cl2N2O3. The zero-order valence-electron chi connectivity index (χ0n) is 17.6. The standard InChI is InChI=1S/C23H30N2O3.2ClH/c1-19-18-25(16-15-24(19)2)14-9-17-28-22(26)23(27,20-10-5-3-6-11-20)21-12-7-4-8-13-21;;/h3-8,10-13,19,27H,9,14-18H2,1-2H3;2*1H. The van der Waals surface area contributed by atoms with Crippen LogP contribution >= 0.6 is 24.8 Å². The van der Waals surface area contributed by atoms with Crippen LogP contribution in [0.15, 0.2) is 60.7 Å². The monoisotopic (exact) mass is 454 g/mol. The Kier molecular flexibility index (Phi) is 10.8. The summed E-state index contributed by atoms with van der Waals surface area (Å²) in [5.74, 6) is -0.628. The molecule has 30 heavy (non-hydrogen) atoms. The molecule has 0 aliphatic carbocycles. The fourth-order valence-electron chi connectivity index (χ4n) is 3.65. The number of halogens is 2. The van der Waals surface area contributed by atoms with Gasteiger partial charge in [-0.05, 0) is 31.5 Å². The molecule has 1 unspecified atom stereocenters. The molecule has 1 atom stereocenters. The van der Waals surface area contributed by atoms with Gasteiger partial charge in [0, 0.05) is 32.2 Å². The highest BCUT2D eigenvalue weighted by Crippen LogP contribution is 2.31. The van der Waals surface area contributed by atoms with Crippen LogP contribution in [0, 0.1) is 0 Å². The molecule has 1 saturated heterocycles. The minimum absolute atomic E-state index is 0. The van der Waals surface area contributed by atoms with Gasteiger partial charge in [0.25, 0.3) is 0 Å². The topological polar surface area (TPSA) is 53.0 Å². The van der Waals surface area contributed by atoms with Gasteiger partial charge in [-0.15, -0.1) is 24.8 Å². The van der Waals surface area contributed by atoms with Crippen molar-refractivity contribution in [3.63, 3.8) is 0 Å². The Morgan fingerprint density at radius 2 is 1.57 bits per heavy atom. The second-order valence-electron chi connectivity index (χ2n) is 7.56. The lowest BCUT2D eigenvalue weighted by molar-refractivity contribution is -0.162. The second-order valence-corrected chi connectivity index (χ2v) is 7.56. The largest absolute Gasteiger partial charge is 0.463 e. The van der Waals surface area contributed by atoms with Crippen molar-refractivity contribution in [1.82, 2.24) is 9.80 Å². The number of aliphatic hydroxyl groups is 1. The fourth-order valence-corrected chi connectivity index (χ4v) is 3.65. The summed E-state index contributed by atoms with van der Waals surface area (Å²) in [7, 11) is 2.15. The molecule has 3 rings (SSSR count). The van der Waals surface area contributed by atoms with Gasteiger partial charge in [-0.1, -0.05) is 60.7 Å². The van der Waals surface area contributed by atoms with Crippen LogP contribution in [0.1, 0.15) is 24.5 Å². The quantitative estimate of drug-likeness (QED) is 0.513. The van der Waals surface area contributed by atoms with Crippen LogP contribution in [0.5, 0.6) is 0 Å². The van der Waals surface area contributed by atoms with Crippen LogP contribution in [0.2, 0.25) is 0 Å². The van der Waals surface area contributed by atoms with Gasteiger partial charge in [0.2, 0.25) is 5.60 Å². The number of likely N-dealkylation sites (N-methyl/N-ethyl adjacent to an activating group) is 1. The molecule has 2 aromatic carbocycles. The van der Waals surface area contributed by atoms with Gasteiger partial charge in [0.1, 0.15) is 0 Å². The van der Waals surface area contributed by atoms with E-state index in [1.165, 1.54) is 0 Å². The van der Waals surface area contributed by atoms with Gasteiger partial charge in [0.05, 0.1) is 6.61 Å². The van der Waals surface area contributed by atoms with Gasteiger partial charge < -0.3 is 19.6 Å². The van der Waals surface area contributed by atoms with E-state index in [0.29, 0.717) is 23.8 Å². The minimum atomic E-state index is -1.80. The molecule has 0 amide bonds. The SMILES string of the molecule is CC1CN(CCCOC(=O)C(O)(c2ccccc2)c2ccccc2)CCN1C.Cl.Cl. The van der Waals surface area contributed by atoms with Crippen molar-refractivity contribution in [3.05, 3.63) is 71.8 Å². The Bertz CT molecular complexity index is 722. The number of esters is 1. The first-order valence-electron chi connectivity index (χ1n) is 9.95. The second kappa shape index (κ2) is 12.3. The molecule has 0 radical (unpaired) electrons. The molecule has 7 heteroatoms. The molecule has 1 aliphatic rings. The van der Waals surface area contributed by atoms with Crippen molar-refractivity contribution in [2.45, 2.75) is 25.0 Å². The summed E-state index contributed by atoms with van der Waals surface area (Å²) in [5, 5.41) is 11.3. The summed E-state index contributed by atoms with van der Waals surface area (Å²) >= 11 is 0. The molecule has 0 aromatic heterocycles. The summed E-state index contributed by atoms with van der Waals surface area (Å²) in [5.41, 5.74) is -0.775. The maximum Gasteiger partial charge on any atom is 0.347 e. The van der Waals surface area contributed by atoms with E-state index >= 15 is 0 Å². The summed E-state index contributed by atoms with van der Waals surface area (Å²) in [6, 6.07) is 18.5. The van der Waals surface area contributed by atoms with Crippen molar-refractivity contribution < 1.29 is 14.6 Å². The first-order valence-corrected chi connectivity index (χ1v) is 9.95. The number of carbonyl (C=O) groups is 1. The van der Waals surface area contributed by atoms with Crippen LogP contribution in [0.4, 0.5) is 0 Å². The zero-order chi connectivity index (χ0) is 20.0. The number of benzene rings is 2. The van der Waals surface area contributed by atoms with Gasteiger partial charge in [0.15, 0.2) is 0 Å². The number of nitrogens with zero attached hydrogens (tertiary/aromatic N) is 2. The van der Waals surface area contributed by atoms with Crippen LogP contribution in [0.25, 0.3) is 0 Å². The number of piperazine rings is 1. The third-order valence-corrected chi connectivity index (χ3v) is 5.57. The summed E-state index contributed by atoms with van der Waals surface area (Å²) in [6.45, 7) is 6.53. The van der Waals surface area contributed by atoms with E-state index in [-0.39, 0.29) is 24.8 Å². The molecule has 1 fully saturated rings. The average molecular weight is 455 g/mol. The summed E-state index contributed by atoms with van der Waals surface area (Å²) in [4.78, 5) is 17.7. The van der Waals surface area contributed by atoms with Crippen molar-refractivity contribution in [2.24, 2.45) is 0 Å². The molecule has 0 spiro atoms.